The normalized spacial score (nSPS) is 24.3. The Kier molecular flexibility index (Phi) is 7.14. The summed E-state index contributed by atoms with van der Waals surface area (Å²) in [5, 5.41) is 6.79. The summed E-state index contributed by atoms with van der Waals surface area (Å²) in [5.41, 5.74) is 2.00. The number of rotatable bonds is 5. The van der Waals surface area contributed by atoms with E-state index in [1.165, 1.54) is 10.6 Å². The van der Waals surface area contributed by atoms with Crippen LogP contribution in [0.15, 0.2) is 28.8 Å². The van der Waals surface area contributed by atoms with Crippen LogP contribution in [0, 0.1) is 0 Å². The lowest BCUT2D eigenvalue weighted by Gasteiger charge is -2.37. The quantitative estimate of drug-likeness (QED) is 0.621. The number of ether oxygens (including phenoxy) is 1. The van der Waals surface area contributed by atoms with Crippen molar-refractivity contribution in [3.8, 4) is 0 Å². The third kappa shape index (κ3) is 5.88. The standard InChI is InChI=1S/C26H38N6O2S/c1-26(2,3)34-25(33)29-20-11-7-10-19(20)27-23-22-21(12-17-35-22)28-24(30-23)32-15-13-31(14-16-32)18-8-5-4-6-9-18/h5,8-9,19-20H,4,6-7,10-17H2,1-3H3,(H,29,33)(H,27,28,30). The highest BCUT2D eigenvalue weighted by Gasteiger charge is 2.33. The number of thioether (sulfide) groups is 1. The van der Waals surface area contributed by atoms with Crippen LogP contribution in [0.3, 0.4) is 0 Å². The molecule has 190 valence electrons. The summed E-state index contributed by atoms with van der Waals surface area (Å²) in [7, 11) is 0. The van der Waals surface area contributed by atoms with Crippen molar-refractivity contribution in [3.63, 3.8) is 0 Å². The number of allylic oxidation sites excluding steroid dienone is 3. The number of amides is 1. The Labute approximate surface area is 213 Å². The smallest absolute Gasteiger partial charge is 0.407 e. The van der Waals surface area contributed by atoms with Gasteiger partial charge in [0.05, 0.1) is 16.6 Å². The van der Waals surface area contributed by atoms with E-state index in [0.29, 0.717) is 0 Å². The van der Waals surface area contributed by atoms with Gasteiger partial charge in [0.25, 0.3) is 0 Å². The number of nitrogens with one attached hydrogen (secondary N) is 2. The summed E-state index contributed by atoms with van der Waals surface area (Å²) < 4.78 is 5.50. The van der Waals surface area contributed by atoms with Gasteiger partial charge in [0, 0.05) is 50.1 Å². The number of piperazine rings is 1. The molecule has 5 rings (SSSR count). The largest absolute Gasteiger partial charge is 0.444 e. The van der Waals surface area contributed by atoms with E-state index in [-0.39, 0.29) is 18.2 Å². The fourth-order valence-corrected chi connectivity index (χ4v) is 6.29. The topological polar surface area (TPSA) is 82.6 Å². The Morgan fingerprint density at radius 2 is 1.86 bits per heavy atom. The zero-order valence-electron chi connectivity index (χ0n) is 21.2. The number of carbonyl (C=O) groups is 1. The molecule has 2 unspecified atom stereocenters. The number of alkyl carbamates (subject to hydrolysis) is 1. The van der Waals surface area contributed by atoms with Crippen LogP contribution in [0.25, 0.3) is 0 Å². The molecule has 0 aromatic carbocycles. The predicted molar refractivity (Wildman–Crippen MR) is 141 cm³/mol. The number of anilines is 2. The second kappa shape index (κ2) is 10.3. The summed E-state index contributed by atoms with van der Waals surface area (Å²) in [5.74, 6) is 2.80. The summed E-state index contributed by atoms with van der Waals surface area (Å²) in [6, 6.07) is 0.170. The van der Waals surface area contributed by atoms with E-state index < -0.39 is 5.60 Å². The number of hydrogen-bond donors (Lipinski definition) is 2. The molecule has 0 bridgehead atoms. The van der Waals surface area contributed by atoms with Gasteiger partial charge in [-0.15, -0.1) is 11.8 Å². The van der Waals surface area contributed by atoms with Crippen LogP contribution in [0.5, 0.6) is 0 Å². The molecule has 0 radical (unpaired) electrons. The van der Waals surface area contributed by atoms with Crippen molar-refractivity contribution < 1.29 is 9.53 Å². The first-order valence-electron chi connectivity index (χ1n) is 13.0. The maximum Gasteiger partial charge on any atom is 0.407 e. The number of aromatic nitrogens is 2. The minimum Gasteiger partial charge on any atom is -0.444 e. The van der Waals surface area contributed by atoms with Gasteiger partial charge in [-0.2, -0.15) is 4.98 Å². The minimum absolute atomic E-state index is 0.0330. The SMILES string of the molecule is CC(C)(C)OC(=O)NC1CCCC1Nc1nc(N2CCN(C3=CCCC=C3)CC2)nc2c1SCC2. The summed E-state index contributed by atoms with van der Waals surface area (Å²) in [6.07, 6.45) is 12.8. The minimum atomic E-state index is -0.502. The Bertz CT molecular complexity index is 996. The molecule has 9 heteroatoms. The summed E-state index contributed by atoms with van der Waals surface area (Å²) >= 11 is 1.83. The maximum absolute atomic E-state index is 12.4. The van der Waals surface area contributed by atoms with Crippen LogP contribution < -0.4 is 15.5 Å². The molecule has 8 nitrogen and oxygen atoms in total. The van der Waals surface area contributed by atoms with Gasteiger partial charge in [-0.25, -0.2) is 9.78 Å². The van der Waals surface area contributed by atoms with E-state index in [1.54, 1.807) is 0 Å². The number of hydrogen-bond acceptors (Lipinski definition) is 8. The molecule has 1 amide bonds. The second-order valence-corrected chi connectivity index (χ2v) is 11.9. The van der Waals surface area contributed by atoms with Gasteiger partial charge in [-0.3, -0.25) is 0 Å². The molecule has 2 aliphatic carbocycles. The predicted octanol–water partition coefficient (Wildman–Crippen LogP) is 4.34. The highest BCUT2D eigenvalue weighted by molar-refractivity contribution is 7.99. The molecule has 2 N–H and O–H groups in total. The van der Waals surface area contributed by atoms with Crippen LogP contribution >= 0.6 is 11.8 Å². The number of aryl methyl sites for hydroxylation is 1. The third-order valence-corrected chi connectivity index (χ3v) is 8.08. The molecule has 2 atom stereocenters. The first-order chi connectivity index (χ1) is 16.9. The van der Waals surface area contributed by atoms with E-state index >= 15 is 0 Å². The van der Waals surface area contributed by atoms with Crippen molar-refractivity contribution in [2.45, 2.75) is 81.9 Å². The van der Waals surface area contributed by atoms with E-state index in [0.717, 1.165) is 87.9 Å². The molecule has 3 heterocycles. The summed E-state index contributed by atoms with van der Waals surface area (Å²) in [6.45, 7) is 9.48. The molecule has 1 saturated heterocycles. The number of fused-ring (bicyclic) bond motifs is 1. The molecule has 2 fully saturated rings. The average molecular weight is 499 g/mol. The lowest BCUT2D eigenvalue weighted by molar-refractivity contribution is 0.0503. The van der Waals surface area contributed by atoms with Crippen LogP contribution in [0.1, 0.15) is 58.6 Å². The van der Waals surface area contributed by atoms with Gasteiger partial charge < -0.3 is 25.2 Å². The highest BCUT2D eigenvalue weighted by Crippen LogP contribution is 2.38. The maximum atomic E-state index is 12.4. The first kappa shape index (κ1) is 24.3. The first-order valence-corrected chi connectivity index (χ1v) is 14.0. The average Bonchev–Trinajstić information content (AvgIpc) is 3.48. The van der Waals surface area contributed by atoms with Gasteiger partial charge in [0.1, 0.15) is 11.4 Å². The molecule has 1 aromatic heterocycles. The van der Waals surface area contributed by atoms with Crippen molar-refractivity contribution in [2.24, 2.45) is 0 Å². The van der Waals surface area contributed by atoms with E-state index in [9.17, 15) is 4.79 Å². The Hall–Kier alpha value is -2.42. The van der Waals surface area contributed by atoms with Crippen LogP contribution in [0.4, 0.5) is 16.6 Å². The van der Waals surface area contributed by atoms with Gasteiger partial charge in [0.2, 0.25) is 5.95 Å². The lowest BCUT2D eigenvalue weighted by atomic mass is 10.1. The fraction of sp³-hybridized carbons (Fsp3) is 0.654. The molecule has 0 spiro atoms. The van der Waals surface area contributed by atoms with Crippen molar-refractivity contribution in [1.82, 2.24) is 20.2 Å². The van der Waals surface area contributed by atoms with Gasteiger partial charge >= 0.3 is 6.09 Å². The Morgan fingerprint density at radius 3 is 2.60 bits per heavy atom. The van der Waals surface area contributed by atoms with Gasteiger partial charge in [-0.1, -0.05) is 12.2 Å². The Balaban J connectivity index is 1.27. The monoisotopic (exact) mass is 498 g/mol. The lowest BCUT2D eigenvalue weighted by Crippen LogP contribution is -2.47. The van der Waals surface area contributed by atoms with Crippen molar-refractivity contribution >= 4 is 29.6 Å². The van der Waals surface area contributed by atoms with Gasteiger partial charge in [0.15, 0.2) is 0 Å². The Morgan fingerprint density at radius 1 is 1.09 bits per heavy atom. The van der Waals surface area contributed by atoms with E-state index in [2.05, 4.69) is 38.7 Å². The van der Waals surface area contributed by atoms with Crippen molar-refractivity contribution in [2.75, 3.05) is 42.1 Å². The molecular weight excluding hydrogens is 460 g/mol. The number of carbonyl (C=O) groups excluding carboxylic acids is 1. The van der Waals surface area contributed by atoms with Crippen LogP contribution in [-0.2, 0) is 11.2 Å². The second-order valence-electron chi connectivity index (χ2n) is 10.8. The molecule has 4 aliphatic rings. The van der Waals surface area contributed by atoms with E-state index in [1.807, 2.05) is 32.5 Å². The van der Waals surface area contributed by atoms with E-state index in [4.69, 9.17) is 14.7 Å². The molecule has 1 saturated carbocycles. The molecule has 2 aliphatic heterocycles. The summed E-state index contributed by atoms with van der Waals surface area (Å²) in [4.78, 5) is 28.4. The molecular formula is C26H38N6O2S. The fourth-order valence-electron chi connectivity index (χ4n) is 5.23. The zero-order chi connectivity index (χ0) is 24.4. The molecule has 35 heavy (non-hydrogen) atoms. The molecule has 1 aromatic rings. The third-order valence-electron chi connectivity index (χ3n) is 6.95. The van der Waals surface area contributed by atoms with Crippen molar-refractivity contribution in [1.29, 1.82) is 0 Å². The highest BCUT2D eigenvalue weighted by atomic mass is 32.2. The number of nitrogens with zero attached hydrogens (tertiary/aromatic N) is 4. The zero-order valence-corrected chi connectivity index (χ0v) is 22.0. The van der Waals surface area contributed by atoms with Crippen LogP contribution in [-0.4, -0.2) is 70.6 Å². The van der Waals surface area contributed by atoms with Gasteiger partial charge in [-0.05, 0) is 59.0 Å². The van der Waals surface area contributed by atoms with Crippen LogP contribution in [0.2, 0.25) is 0 Å². The van der Waals surface area contributed by atoms with Crippen molar-refractivity contribution in [3.05, 3.63) is 29.6 Å².